The molecule has 6 heteroatoms. The van der Waals surface area contributed by atoms with Gasteiger partial charge in [-0.3, -0.25) is 0 Å². The minimum atomic E-state index is -0.674. The summed E-state index contributed by atoms with van der Waals surface area (Å²) in [5.41, 5.74) is 5.49. The highest BCUT2D eigenvalue weighted by Gasteiger charge is 2.39. The van der Waals surface area contributed by atoms with Gasteiger partial charge in [0.1, 0.15) is 24.0 Å². The van der Waals surface area contributed by atoms with Crippen LogP contribution in [-0.2, 0) is 0 Å². The Morgan fingerprint density at radius 1 is 1.31 bits per heavy atom. The van der Waals surface area contributed by atoms with Gasteiger partial charge in [0.15, 0.2) is 0 Å². The van der Waals surface area contributed by atoms with E-state index in [1.54, 1.807) is 0 Å². The molecule has 0 radical (unpaired) electrons. The Bertz CT molecular complexity index is 375. The molecular formula is C10H11BrClF2NO. The van der Waals surface area contributed by atoms with Gasteiger partial charge in [-0.05, 0) is 28.8 Å². The van der Waals surface area contributed by atoms with Crippen molar-refractivity contribution in [2.45, 2.75) is 18.4 Å². The molecule has 1 aliphatic carbocycles. The van der Waals surface area contributed by atoms with Crippen molar-refractivity contribution in [3.8, 4) is 5.75 Å². The third-order valence-electron chi connectivity index (χ3n) is 2.38. The topological polar surface area (TPSA) is 35.2 Å². The van der Waals surface area contributed by atoms with Gasteiger partial charge in [0, 0.05) is 12.1 Å². The maximum Gasteiger partial charge on any atom is 0.144 e. The Labute approximate surface area is 107 Å². The number of rotatable bonds is 3. The lowest BCUT2D eigenvalue weighted by Crippen LogP contribution is -2.29. The van der Waals surface area contributed by atoms with E-state index in [1.165, 1.54) is 0 Å². The standard InChI is InChI=1S/C10H10BrF2NO.ClH/c11-9-7(12)3-6(4-8(9)13)15-5-10(14)1-2-10;/h3-4H,1-2,5,14H2;1H. The first-order chi connectivity index (χ1) is 7.00. The van der Waals surface area contributed by atoms with E-state index >= 15 is 0 Å². The number of hydrogen-bond acceptors (Lipinski definition) is 2. The molecule has 0 heterocycles. The van der Waals surface area contributed by atoms with Crippen LogP contribution in [0.15, 0.2) is 16.6 Å². The van der Waals surface area contributed by atoms with Crippen molar-refractivity contribution in [2.75, 3.05) is 6.61 Å². The van der Waals surface area contributed by atoms with Crippen molar-refractivity contribution in [1.82, 2.24) is 0 Å². The molecule has 2 N–H and O–H groups in total. The molecule has 0 saturated heterocycles. The van der Waals surface area contributed by atoms with Crippen LogP contribution >= 0.6 is 28.3 Å². The summed E-state index contributed by atoms with van der Waals surface area (Å²) < 4.78 is 31.2. The normalized spacial score (nSPS) is 16.5. The summed E-state index contributed by atoms with van der Waals surface area (Å²) >= 11 is 2.79. The van der Waals surface area contributed by atoms with E-state index in [9.17, 15) is 8.78 Å². The fourth-order valence-corrected chi connectivity index (χ4v) is 1.38. The predicted molar refractivity (Wildman–Crippen MR) is 63.0 cm³/mol. The molecule has 1 saturated carbocycles. The van der Waals surface area contributed by atoms with Crippen LogP contribution in [0.3, 0.4) is 0 Å². The molecule has 2 nitrogen and oxygen atoms in total. The monoisotopic (exact) mass is 313 g/mol. The first kappa shape index (κ1) is 13.7. The van der Waals surface area contributed by atoms with Gasteiger partial charge in [-0.1, -0.05) is 0 Å². The van der Waals surface area contributed by atoms with Crippen LogP contribution < -0.4 is 10.5 Å². The summed E-state index contributed by atoms with van der Waals surface area (Å²) in [6.45, 7) is 0.299. The average molecular weight is 315 g/mol. The molecule has 90 valence electrons. The number of nitrogens with two attached hydrogens (primary N) is 1. The number of halogens is 4. The van der Waals surface area contributed by atoms with Crippen molar-refractivity contribution in [3.63, 3.8) is 0 Å². The van der Waals surface area contributed by atoms with Crippen molar-refractivity contribution < 1.29 is 13.5 Å². The average Bonchev–Trinajstić information content (AvgIpc) is 2.90. The molecule has 0 aliphatic heterocycles. The van der Waals surface area contributed by atoms with Gasteiger partial charge in [-0.25, -0.2) is 8.78 Å². The molecule has 0 aromatic heterocycles. The highest BCUT2D eigenvalue weighted by atomic mass is 79.9. The molecule has 1 aromatic rings. The minimum Gasteiger partial charge on any atom is -0.491 e. The molecule has 0 unspecified atom stereocenters. The molecule has 1 fully saturated rings. The van der Waals surface area contributed by atoms with Gasteiger partial charge in [0.2, 0.25) is 0 Å². The summed E-state index contributed by atoms with van der Waals surface area (Å²) in [6, 6.07) is 2.28. The minimum absolute atomic E-state index is 0. The predicted octanol–water partition coefficient (Wildman–Crippen LogP) is 3.02. The van der Waals surface area contributed by atoms with Gasteiger partial charge in [-0.15, -0.1) is 12.4 Å². The van der Waals surface area contributed by atoms with E-state index < -0.39 is 11.6 Å². The lowest BCUT2D eigenvalue weighted by Gasteiger charge is -2.11. The van der Waals surface area contributed by atoms with Crippen LogP contribution in [0.2, 0.25) is 0 Å². The Kier molecular flexibility index (Phi) is 4.15. The van der Waals surface area contributed by atoms with E-state index in [4.69, 9.17) is 10.5 Å². The van der Waals surface area contributed by atoms with Gasteiger partial charge < -0.3 is 10.5 Å². The van der Waals surface area contributed by atoms with Gasteiger partial charge in [0.25, 0.3) is 0 Å². The van der Waals surface area contributed by atoms with Crippen molar-refractivity contribution in [2.24, 2.45) is 5.73 Å². The van der Waals surface area contributed by atoms with Crippen LogP contribution in [0.1, 0.15) is 12.8 Å². The SMILES string of the molecule is Cl.NC1(COc2cc(F)c(Br)c(F)c2)CC1. The molecular weight excluding hydrogens is 303 g/mol. The highest BCUT2D eigenvalue weighted by molar-refractivity contribution is 9.10. The molecule has 16 heavy (non-hydrogen) atoms. The third kappa shape index (κ3) is 3.06. The van der Waals surface area contributed by atoms with Crippen LogP contribution in [0.25, 0.3) is 0 Å². The van der Waals surface area contributed by atoms with Crippen molar-refractivity contribution in [1.29, 1.82) is 0 Å². The largest absolute Gasteiger partial charge is 0.491 e. The van der Waals surface area contributed by atoms with E-state index in [1.807, 2.05) is 0 Å². The summed E-state index contributed by atoms with van der Waals surface area (Å²) in [5, 5.41) is 0. The van der Waals surface area contributed by atoms with Crippen LogP contribution in [0, 0.1) is 11.6 Å². The quantitative estimate of drug-likeness (QED) is 0.871. The van der Waals surface area contributed by atoms with Gasteiger partial charge >= 0.3 is 0 Å². The Morgan fingerprint density at radius 3 is 2.25 bits per heavy atom. The third-order valence-corrected chi connectivity index (χ3v) is 3.13. The first-order valence-electron chi connectivity index (χ1n) is 4.56. The van der Waals surface area contributed by atoms with E-state index in [2.05, 4.69) is 15.9 Å². The van der Waals surface area contributed by atoms with Crippen molar-refractivity contribution >= 4 is 28.3 Å². The van der Waals surface area contributed by atoms with Gasteiger partial charge in [-0.2, -0.15) is 0 Å². The van der Waals surface area contributed by atoms with Crippen molar-refractivity contribution in [3.05, 3.63) is 28.2 Å². The Balaban J connectivity index is 0.00000128. The van der Waals surface area contributed by atoms with Gasteiger partial charge in [0.05, 0.1) is 10.0 Å². The van der Waals surface area contributed by atoms with Crippen LogP contribution in [0.5, 0.6) is 5.75 Å². The second-order valence-electron chi connectivity index (χ2n) is 3.85. The molecule has 0 bridgehead atoms. The number of ether oxygens (including phenoxy) is 1. The van der Waals surface area contributed by atoms with E-state index in [0.29, 0.717) is 6.61 Å². The molecule has 0 amide bonds. The summed E-state index contributed by atoms with van der Waals surface area (Å²) in [4.78, 5) is 0. The lowest BCUT2D eigenvalue weighted by atomic mass is 10.3. The maximum absolute atomic E-state index is 13.1. The Hall–Kier alpha value is -0.390. The zero-order chi connectivity index (χ0) is 11.1. The first-order valence-corrected chi connectivity index (χ1v) is 5.36. The molecule has 0 spiro atoms. The Morgan fingerprint density at radius 2 is 1.81 bits per heavy atom. The zero-order valence-corrected chi connectivity index (χ0v) is 10.7. The van der Waals surface area contributed by atoms with Crippen LogP contribution in [0.4, 0.5) is 8.78 Å². The van der Waals surface area contributed by atoms with E-state index in [0.717, 1.165) is 25.0 Å². The summed E-state index contributed by atoms with van der Waals surface area (Å²) in [5.74, 6) is -1.18. The summed E-state index contributed by atoms with van der Waals surface area (Å²) in [6.07, 6.45) is 1.79. The maximum atomic E-state index is 13.1. The number of hydrogen-bond donors (Lipinski definition) is 1. The highest BCUT2D eigenvalue weighted by Crippen LogP contribution is 2.33. The fraction of sp³-hybridized carbons (Fsp3) is 0.400. The molecule has 1 aromatic carbocycles. The second kappa shape index (κ2) is 4.85. The summed E-state index contributed by atoms with van der Waals surface area (Å²) in [7, 11) is 0. The number of benzene rings is 1. The fourth-order valence-electron chi connectivity index (χ4n) is 1.15. The zero-order valence-electron chi connectivity index (χ0n) is 8.30. The second-order valence-corrected chi connectivity index (χ2v) is 4.64. The van der Waals surface area contributed by atoms with Crippen LogP contribution in [-0.4, -0.2) is 12.1 Å². The molecule has 2 rings (SSSR count). The van der Waals surface area contributed by atoms with E-state index in [-0.39, 0.29) is 28.2 Å². The lowest BCUT2D eigenvalue weighted by molar-refractivity contribution is 0.276. The molecule has 0 atom stereocenters. The smallest absolute Gasteiger partial charge is 0.144 e. The molecule has 1 aliphatic rings.